The fourth-order valence-corrected chi connectivity index (χ4v) is 4.20. The molecule has 98 valence electrons. The summed E-state index contributed by atoms with van der Waals surface area (Å²) in [5.41, 5.74) is 0. The van der Waals surface area contributed by atoms with Crippen molar-refractivity contribution < 1.29 is 4.74 Å². The maximum Gasteiger partial charge on any atom is 0.0868 e. The fraction of sp³-hybridized carbons (Fsp3) is 0.176. The smallest absolute Gasteiger partial charge is 0.0868 e. The molecular weight excluding hydrogens is 251 g/mol. The van der Waals surface area contributed by atoms with Gasteiger partial charge in [0.25, 0.3) is 0 Å². The predicted octanol–water partition coefficient (Wildman–Crippen LogP) is 4.02. The Morgan fingerprint density at radius 1 is 0.947 bits per heavy atom. The number of ether oxygens (including phenoxy) is 1. The number of hydrogen-bond acceptors (Lipinski definition) is 1. The zero-order valence-corrected chi connectivity index (χ0v) is 12.3. The molecule has 0 unspecified atom stereocenters. The van der Waals surface area contributed by atoms with Crippen LogP contribution in [0.5, 0.6) is 0 Å². The number of allylic oxidation sites excluding steroid dienone is 1. The number of rotatable bonds is 5. The normalized spacial score (nSPS) is 11.6. The Hall–Kier alpha value is -1.59. The summed E-state index contributed by atoms with van der Waals surface area (Å²) in [5, 5.41) is 4.00. The van der Waals surface area contributed by atoms with Crippen molar-refractivity contribution in [3.05, 3.63) is 72.2 Å². The second-order valence-corrected chi connectivity index (χ2v) is 6.63. The molecule has 0 N–H and O–H groups in total. The molecule has 0 aliphatic carbocycles. The lowest BCUT2D eigenvalue weighted by Crippen LogP contribution is -2.12. The molecule has 19 heavy (non-hydrogen) atoms. The third kappa shape index (κ3) is 3.68. The van der Waals surface area contributed by atoms with Crippen molar-refractivity contribution in [2.75, 3.05) is 6.61 Å². The van der Waals surface area contributed by atoms with Gasteiger partial charge < -0.3 is 4.74 Å². The third-order valence-corrected chi connectivity index (χ3v) is 5.24. The summed E-state index contributed by atoms with van der Waals surface area (Å²) in [6.45, 7) is 4.88. The van der Waals surface area contributed by atoms with Crippen LogP contribution in [-0.4, -0.2) is 6.61 Å². The van der Waals surface area contributed by atoms with E-state index in [1.54, 1.807) is 0 Å². The molecule has 0 saturated heterocycles. The van der Waals surface area contributed by atoms with E-state index in [4.69, 9.17) is 4.74 Å². The first-order valence-corrected chi connectivity index (χ1v) is 7.85. The van der Waals surface area contributed by atoms with E-state index in [2.05, 4.69) is 67.6 Å². The van der Waals surface area contributed by atoms with Crippen molar-refractivity contribution in [3.63, 3.8) is 0 Å². The average Bonchev–Trinajstić information content (AvgIpc) is 2.47. The molecule has 0 amide bonds. The van der Waals surface area contributed by atoms with Gasteiger partial charge in [-0.1, -0.05) is 60.7 Å². The van der Waals surface area contributed by atoms with Crippen LogP contribution in [0, 0.1) is 0 Å². The van der Waals surface area contributed by atoms with Gasteiger partial charge in [-0.2, -0.15) is 0 Å². The molecule has 1 nitrogen and oxygen atoms in total. The van der Waals surface area contributed by atoms with Crippen LogP contribution >= 0.6 is 7.92 Å². The molecule has 0 atom stereocenters. The van der Waals surface area contributed by atoms with E-state index in [-0.39, 0.29) is 0 Å². The Balaban J connectivity index is 2.40. The van der Waals surface area contributed by atoms with Gasteiger partial charge in [0, 0.05) is 0 Å². The van der Waals surface area contributed by atoms with E-state index in [0.717, 1.165) is 0 Å². The Labute approximate surface area is 116 Å². The molecule has 0 aromatic heterocycles. The predicted molar refractivity (Wildman–Crippen MR) is 84.5 cm³/mol. The molecule has 0 aliphatic heterocycles. The van der Waals surface area contributed by atoms with Crippen LogP contribution < -0.4 is 10.6 Å². The summed E-state index contributed by atoms with van der Waals surface area (Å²) in [6.07, 6.45) is 1.91. The maximum absolute atomic E-state index is 5.47. The monoisotopic (exact) mass is 270 g/mol. The van der Waals surface area contributed by atoms with E-state index in [1.807, 2.05) is 13.2 Å². The molecule has 0 saturated carbocycles. The van der Waals surface area contributed by atoms with Gasteiger partial charge in [-0.25, -0.2) is 0 Å². The van der Waals surface area contributed by atoms with Crippen molar-refractivity contribution in [1.82, 2.24) is 0 Å². The van der Waals surface area contributed by atoms with Crippen LogP contribution in [0.1, 0.15) is 13.8 Å². The van der Waals surface area contributed by atoms with Crippen LogP contribution in [-0.2, 0) is 4.74 Å². The molecule has 0 heterocycles. The first kappa shape index (κ1) is 13.8. The Bertz CT molecular complexity index is 480. The van der Waals surface area contributed by atoms with Gasteiger partial charge in [0.2, 0.25) is 0 Å². The average molecular weight is 270 g/mol. The van der Waals surface area contributed by atoms with Crippen molar-refractivity contribution >= 4 is 18.5 Å². The summed E-state index contributed by atoms with van der Waals surface area (Å²) in [4.78, 5) is 0. The van der Waals surface area contributed by atoms with Gasteiger partial charge in [0.15, 0.2) is 0 Å². The quantitative estimate of drug-likeness (QED) is 0.589. The lowest BCUT2D eigenvalue weighted by molar-refractivity contribution is 0.268. The van der Waals surface area contributed by atoms with Gasteiger partial charge in [-0.3, -0.25) is 0 Å². The highest BCUT2D eigenvalue weighted by Gasteiger charge is 2.15. The SMILES string of the molecule is CCO/C=C(\C)P(c1ccccc1)c1ccccc1. The van der Waals surface area contributed by atoms with Crippen molar-refractivity contribution in [3.8, 4) is 0 Å². The molecule has 0 aliphatic rings. The minimum atomic E-state index is -0.488. The molecule has 0 spiro atoms. The van der Waals surface area contributed by atoms with E-state index in [1.165, 1.54) is 15.9 Å². The molecular formula is C17H19OP. The highest BCUT2D eigenvalue weighted by Crippen LogP contribution is 2.42. The summed E-state index contributed by atoms with van der Waals surface area (Å²) in [5.74, 6) is 0. The number of hydrogen-bond donors (Lipinski definition) is 0. The largest absolute Gasteiger partial charge is 0.501 e. The van der Waals surface area contributed by atoms with Crippen LogP contribution in [0.2, 0.25) is 0 Å². The summed E-state index contributed by atoms with van der Waals surface area (Å²) < 4.78 is 5.47. The minimum Gasteiger partial charge on any atom is -0.501 e. The van der Waals surface area contributed by atoms with Crippen LogP contribution in [0.3, 0.4) is 0 Å². The van der Waals surface area contributed by atoms with Crippen molar-refractivity contribution in [2.24, 2.45) is 0 Å². The Morgan fingerprint density at radius 2 is 1.42 bits per heavy atom. The molecule has 2 heteroatoms. The second-order valence-electron chi connectivity index (χ2n) is 4.22. The van der Waals surface area contributed by atoms with Gasteiger partial charge in [0.05, 0.1) is 12.9 Å². The Morgan fingerprint density at radius 3 is 1.84 bits per heavy atom. The van der Waals surface area contributed by atoms with Crippen LogP contribution in [0.15, 0.2) is 72.2 Å². The van der Waals surface area contributed by atoms with Crippen molar-refractivity contribution in [1.29, 1.82) is 0 Å². The highest BCUT2D eigenvalue weighted by molar-refractivity contribution is 7.76. The van der Waals surface area contributed by atoms with Gasteiger partial charge in [-0.15, -0.1) is 0 Å². The Kier molecular flexibility index (Phi) is 5.18. The third-order valence-electron chi connectivity index (χ3n) is 2.80. The van der Waals surface area contributed by atoms with E-state index in [0.29, 0.717) is 6.61 Å². The van der Waals surface area contributed by atoms with Gasteiger partial charge in [0.1, 0.15) is 0 Å². The van der Waals surface area contributed by atoms with E-state index >= 15 is 0 Å². The lowest BCUT2D eigenvalue weighted by atomic mass is 10.4. The maximum atomic E-state index is 5.47. The number of benzene rings is 2. The van der Waals surface area contributed by atoms with Gasteiger partial charge in [-0.05, 0) is 37.7 Å². The molecule has 0 radical (unpaired) electrons. The van der Waals surface area contributed by atoms with E-state index in [9.17, 15) is 0 Å². The molecule has 2 aromatic rings. The zero-order chi connectivity index (χ0) is 13.5. The van der Waals surface area contributed by atoms with Crippen LogP contribution in [0.25, 0.3) is 0 Å². The topological polar surface area (TPSA) is 9.23 Å². The molecule has 2 rings (SSSR count). The highest BCUT2D eigenvalue weighted by atomic mass is 31.1. The minimum absolute atomic E-state index is 0.488. The van der Waals surface area contributed by atoms with Crippen molar-refractivity contribution in [2.45, 2.75) is 13.8 Å². The fourth-order valence-electron chi connectivity index (χ4n) is 1.97. The zero-order valence-electron chi connectivity index (χ0n) is 11.4. The summed E-state index contributed by atoms with van der Waals surface area (Å²) in [7, 11) is -0.488. The lowest BCUT2D eigenvalue weighted by Gasteiger charge is -2.19. The first-order valence-electron chi connectivity index (χ1n) is 6.51. The molecule has 2 aromatic carbocycles. The van der Waals surface area contributed by atoms with Crippen LogP contribution in [0.4, 0.5) is 0 Å². The first-order chi connectivity index (χ1) is 9.33. The summed E-state index contributed by atoms with van der Waals surface area (Å²) in [6, 6.07) is 21.3. The van der Waals surface area contributed by atoms with Gasteiger partial charge >= 0.3 is 0 Å². The second kappa shape index (κ2) is 7.11. The van der Waals surface area contributed by atoms with E-state index < -0.39 is 7.92 Å². The molecule has 0 bridgehead atoms. The standard InChI is InChI=1S/C17H19OP/c1-3-18-14-15(2)19(16-10-6-4-7-11-16)17-12-8-5-9-13-17/h4-14H,3H2,1-2H3/b15-14+. The summed E-state index contributed by atoms with van der Waals surface area (Å²) >= 11 is 0. The molecule has 0 fully saturated rings.